The van der Waals surface area contributed by atoms with Gasteiger partial charge in [0.25, 0.3) is 6.02 Å². The van der Waals surface area contributed by atoms with E-state index in [1.165, 1.54) is 11.1 Å². The summed E-state index contributed by atoms with van der Waals surface area (Å²) in [5.74, 6) is 0. The Morgan fingerprint density at radius 1 is 1.47 bits per heavy atom. The minimum atomic E-state index is 0.0754. The molecule has 0 aromatic heterocycles. The molecule has 1 atom stereocenters. The molecule has 1 aliphatic rings. The molecule has 0 amide bonds. The van der Waals surface area contributed by atoms with Crippen LogP contribution in [0.2, 0.25) is 0 Å². The van der Waals surface area contributed by atoms with E-state index in [0.717, 1.165) is 12.2 Å². The number of rotatable bonds is 1. The number of hydrogen-bond donors (Lipinski definition) is 1. The van der Waals surface area contributed by atoms with Gasteiger partial charge in [-0.3, -0.25) is 0 Å². The quantitative estimate of drug-likeness (QED) is 0.763. The smallest absolute Gasteiger partial charge is 0.289 e. The van der Waals surface area contributed by atoms with Crippen molar-refractivity contribution >= 4 is 11.7 Å². The number of anilines is 1. The lowest BCUT2D eigenvalue weighted by atomic mass is 10.0. The Balaban J connectivity index is 2.36. The molecule has 0 aliphatic carbocycles. The molecule has 0 spiro atoms. The zero-order valence-corrected chi connectivity index (χ0v) is 9.37. The fraction of sp³-hybridized carbons (Fsp3) is 0.417. The highest BCUT2D eigenvalue weighted by Crippen LogP contribution is 2.30. The van der Waals surface area contributed by atoms with Gasteiger partial charge in [-0.25, -0.2) is 4.99 Å². The van der Waals surface area contributed by atoms with E-state index >= 15 is 0 Å². The van der Waals surface area contributed by atoms with Gasteiger partial charge in [-0.1, -0.05) is 17.7 Å². The Labute approximate surface area is 90.2 Å². The first-order valence-corrected chi connectivity index (χ1v) is 5.29. The van der Waals surface area contributed by atoms with Gasteiger partial charge in [-0.2, -0.15) is 0 Å². The first kappa shape index (κ1) is 10.0. The Hall–Kier alpha value is -1.51. The third-order valence-corrected chi connectivity index (χ3v) is 2.48. The molecule has 1 heterocycles. The molecule has 0 fully saturated rings. The van der Waals surface area contributed by atoms with Gasteiger partial charge in [0.2, 0.25) is 0 Å². The van der Waals surface area contributed by atoms with Gasteiger partial charge in [0, 0.05) is 17.8 Å². The number of hydrogen-bond acceptors (Lipinski definition) is 2. The van der Waals surface area contributed by atoms with E-state index in [1.807, 2.05) is 13.8 Å². The second kappa shape index (κ2) is 3.93. The van der Waals surface area contributed by atoms with Crippen molar-refractivity contribution in [1.29, 1.82) is 0 Å². The third kappa shape index (κ3) is 1.96. The van der Waals surface area contributed by atoms with Crippen molar-refractivity contribution in [2.45, 2.75) is 26.9 Å². The molecular weight excluding hydrogens is 188 g/mol. The summed E-state index contributed by atoms with van der Waals surface area (Å²) in [6.07, 6.45) is 0.0754. The predicted molar refractivity (Wildman–Crippen MR) is 62.3 cm³/mol. The summed E-state index contributed by atoms with van der Waals surface area (Å²) in [6, 6.07) is 6.94. The lowest BCUT2D eigenvalue weighted by molar-refractivity contribution is 0.206. The molecular formula is C12H16N2O. The fourth-order valence-corrected chi connectivity index (χ4v) is 1.73. The van der Waals surface area contributed by atoms with Crippen molar-refractivity contribution in [2.24, 2.45) is 4.99 Å². The molecule has 1 aliphatic heterocycles. The molecule has 0 saturated carbocycles. The molecule has 15 heavy (non-hydrogen) atoms. The number of fused-ring (bicyclic) bond motifs is 1. The third-order valence-electron chi connectivity index (χ3n) is 2.48. The number of benzene rings is 1. The van der Waals surface area contributed by atoms with Crippen LogP contribution in [-0.2, 0) is 4.74 Å². The summed E-state index contributed by atoms with van der Waals surface area (Å²) in [7, 11) is 0. The van der Waals surface area contributed by atoms with Crippen LogP contribution in [-0.4, -0.2) is 12.6 Å². The van der Waals surface area contributed by atoms with E-state index in [2.05, 4.69) is 35.4 Å². The van der Waals surface area contributed by atoms with Gasteiger partial charge < -0.3 is 10.1 Å². The molecule has 2 rings (SSSR count). The molecule has 0 saturated heterocycles. The van der Waals surface area contributed by atoms with Crippen LogP contribution < -0.4 is 5.32 Å². The van der Waals surface area contributed by atoms with Gasteiger partial charge >= 0.3 is 0 Å². The van der Waals surface area contributed by atoms with Crippen LogP contribution in [0.5, 0.6) is 0 Å². The number of amidine groups is 1. The molecule has 1 unspecified atom stereocenters. The van der Waals surface area contributed by atoms with E-state index in [-0.39, 0.29) is 6.10 Å². The second-order valence-corrected chi connectivity index (χ2v) is 3.76. The Kier molecular flexibility index (Phi) is 2.62. The van der Waals surface area contributed by atoms with Gasteiger partial charge in [-0.05, 0) is 26.8 Å². The van der Waals surface area contributed by atoms with Crippen molar-refractivity contribution in [3.63, 3.8) is 0 Å². The van der Waals surface area contributed by atoms with Crippen LogP contribution in [0.1, 0.15) is 31.1 Å². The summed E-state index contributed by atoms with van der Waals surface area (Å²) in [6.45, 7) is 6.86. The largest absolute Gasteiger partial charge is 0.457 e. The highest BCUT2D eigenvalue weighted by Gasteiger charge is 2.20. The predicted octanol–water partition coefficient (Wildman–Crippen LogP) is 2.87. The van der Waals surface area contributed by atoms with Crippen molar-refractivity contribution in [2.75, 3.05) is 11.9 Å². The topological polar surface area (TPSA) is 33.6 Å². The van der Waals surface area contributed by atoms with Crippen LogP contribution in [0.3, 0.4) is 0 Å². The van der Waals surface area contributed by atoms with Crippen molar-refractivity contribution in [3.8, 4) is 0 Å². The van der Waals surface area contributed by atoms with E-state index in [0.29, 0.717) is 6.02 Å². The molecule has 0 bridgehead atoms. The lowest BCUT2D eigenvalue weighted by Crippen LogP contribution is -2.25. The SMILES string of the molecule is CCN=C1Nc2ccc(C)cc2C(C)O1. The van der Waals surface area contributed by atoms with Gasteiger partial charge in [-0.15, -0.1) is 0 Å². The van der Waals surface area contributed by atoms with Crippen LogP contribution in [0, 0.1) is 6.92 Å². The standard InChI is InChI=1S/C12H16N2O/c1-4-13-12-14-11-6-5-8(2)7-10(11)9(3)15-12/h5-7,9H,4H2,1-3H3,(H,13,14). The van der Waals surface area contributed by atoms with E-state index in [1.54, 1.807) is 0 Å². The van der Waals surface area contributed by atoms with Gasteiger partial charge in [0.1, 0.15) is 6.10 Å². The lowest BCUT2D eigenvalue weighted by Gasteiger charge is -2.26. The molecule has 0 radical (unpaired) electrons. The van der Waals surface area contributed by atoms with E-state index < -0.39 is 0 Å². The number of aryl methyl sites for hydroxylation is 1. The molecule has 3 nitrogen and oxygen atoms in total. The van der Waals surface area contributed by atoms with Gasteiger partial charge in [0.15, 0.2) is 0 Å². The second-order valence-electron chi connectivity index (χ2n) is 3.76. The average Bonchev–Trinajstić information content (AvgIpc) is 2.20. The van der Waals surface area contributed by atoms with Crippen molar-refractivity contribution in [1.82, 2.24) is 0 Å². The number of ether oxygens (including phenoxy) is 1. The average molecular weight is 204 g/mol. The normalized spacial score (nSPS) is 21.8. The zero-order chi connectivity index (χ0) is 10.8. The fourth-order valence-electron chi connectivity index (χ4n) is 1.73. The maximum Gasteiger partial charge on any atom is 0.289 e. The monoisotopic (exact) mass is 204 g/mol. The Morgan fingerprint density at radius 2 is 2.27 bits per heavy atom. The summed E-state index contributed by atoms with van der Waals surface area (Å²) < 4.78 is 5.65. The first-order chi connectivity index (χ1) is 7.20. The maximum absolute atomic E-state index is 5.65. The van der Waals surface area contributed by atoms with Crippen molar-refractivity contribution in [3.05, 3.63) is 29.3 Å². The molecule has 1 aromatic carbocycles. The number of aliphatic imine (C=N–C) groups is 1. The minimum absolute atomic E-state index is 0.0754. The summed E-state index contributed by atoms with van der Waals surface area (Å²) in [5.41, 5.74) is 3.55. The summed E-state index contributed by atoms with van der Waals surface area (Å²) in [5, 5.41) is 3.18. The molecule has 1 N–H and O–H groups in total. The zero-order valence-electron chi connectivity index (χ0n) is 9.37. The Bertz CT molecular complexity index is 399. The van der Waals surface area contributed by atoms with Gasteiger partial charge in [0.05, 0.1) is 0 Å². The van der Waals surface area contributed by atoms with Crippen molar-refractivity contribution < 1.29 is 4.74 Å². The van der Waals surface area contributed by atoms with Crippen LogP contribution in [0.4, 0.5) is 5.69 Å². The van der Waals surface area contributed by atoms with E-state index in [9.17, 15) is 0 Å². The molecule has 3 heteroatoms. The maximum atomic E-state index is 5.65. The van der Waals surface area contributed by atoms with Crippen LogP contribution in [0.15, 0.2) is 23.2 Å². The molecule has 1 aromatic rings. The molecule has 80 valence electrons. The highest BCUT2D eigenvalue weighted by molar-refractivity contribution is 5.92. The van der Waals surface area contributed by atoms with Crippen LogP contribution in [0.25, 0.3) is 0 Å². The number of nitrogens with one attached hydrogen (secondary N) is 1. The summed E-state index contributed by atoms with van der Waals surface area (Å²) >= 11 is 0. The summed E-state index contributed by atoms with van der Waals surface area (Å²) in [4.78, 5) is 4.24. The minimum Gasteiger partial charge on any atom is -0.457 e. The van der Waals surface area contributed by atoms with E-state index in [4.69, 9.17) is 4.74 Å². The van der Waals surface area contributed by atoms with Crippen LogP contribution >= 0.6 is 0 Å². The Morgan fingerprint density at radius 3 is 3.00 bits per heavy atom. The highest BCUT2D eigenvalue weighted by atomic mass is 16.5. The number of nitrogens with zero attached hydrogens (tertiary/aromatic N) is 1. The first-order valence-electron chi connectivity index (χ1n) is 5.29.